The highest BCUT2D eigenvalue weighted by molar-refractivity contribution is 5.39. The van der Waals surface area contributed by atoms with Gasteiger partial charge >= 0.3 is 0 Å². The zero-order chi connectivity index (χ0) is 14.0. The molecule has 1 aromatic heterocycles. The SMILES string of the molecule is Cc1cc(C)c(CN)c(Oc2ccc(F)c(C)c2)n1. The zero-order valence-electron chi connectivity index (χ0n) is 11.3. The van der Waals surface area contributed by atoms with E-state index < -0.39 is 0 Å². The van der Waals surface area contributed by atoms with Crippen LogP contribution in [0.15, 0.2) is 24.3 Å². The number of nitrogens with zero attached hydrogens (tertiary/aromatic N) is 1. The Kier molecular flexibility index (Phi) is 3.81. The minimum absolute atomic E-state index is 0.250. The Labute approximate surface area is 112 Å². The number of pyridine rings is 1. The smallest absolute Gasteiger partial charge is 0.224 e. The molecule has 0 aliphatic carbocycles. The summed E-state index contributed by atoms with van der Waals surface area (Å²) in [6.07, 6.45) is 0. The van der Waals surface area contributed by atoms with E-state index >= 15 is 0 Å². The number of hydrogen-bond donors (Lipinski definition) is 1. The Hall–Kier alpha value is -1.94. The molecule has 1 aromatic carbocycles. The third kappa shape index (κ3) is 2.90. The van der Waals surface area contributed by atoms with Gasteiger partial charge in [0.25, 0.3) is 0 Å². The molecule has 0 amide bonds. The highest BCUT2D eigenvalue weighted by atomic mass is 19.1. The average molecular weight is 260 g/mol. The summed E-state index contributed by atoms with van der Waals surface area (Å²) in [5, 5.41) is 0. The van der Waals surface area contributed by atoms with Gasteiger partial charge in [0, 0.05) is 17.8 Å². The van der Waals surface area contributed by atoms with Gasteiger partial charge in [-0.25, -0.2) is 9.37 Å². The number of benzene rings is 1. The van der Waals surface area contributed by atoms with E-state index in [1.807, 2.05) is 19.9 Å². The van der Waals surface area contributed by atoms with Gasteiger partial charge in [0.15, 0.2) is 0 Å². The molecule has 0 spiro atoms. The van der Waals surface area contributed by atoms with Crippen LogP contribution in [-0.2, 0) is 6.54 Å². The number of hydrogen-bond acceptors (Lipinski definition) is 3. The lowest BCUT2D eigenvalue weighted by atomic mass is 10.1. The molecule has 0 saturated carbocycles. The second-order valence-electron chi connectivity index (χ2n) is 4.58. The highest BCUT2D eigenvalue weighted by Gasteiger charge is 2.10. The number of aryl methyl sites for hydroxylation is 3. The first kappa shape index (κ1) is 13.5. The summed E-state index contributed by atoms with van der Waals surface area (Å²) in [6.45, 7) is 5.92. The van der Waals surface area contributed by atoms with Crippen molar-refractivity contribution in [3.63, 3.8) is 0 Å². The first-order valence-corrected chi connectivity index (χ1v) is 6.12. The van der Waals surface area contributed by atoms with Crippen LogP contribution >= 0.6 is 0 Å². The van der Waals surface area contributed by atoms with Crippen molar-refractivity contribution < 1.29 is 9.13 Å². The van der Waals surface area contributed by atoms with Crippen molar-refractivity contribution in [3.05, 3.63) is 52.5 Å². The Morgan fingerprint density at radius 3 is 2.53 bits per heavy atom. The number of nitrogens with two attached hydrogens (primary N) is 1. The quantitative estimate of drug-likeness (QED) is 0.920. The zero-order valence-corrected chi connectivity index (χ0v) is 11.3. The van der Waals surface area contributed by atoms with Crippen LogP contribution in [0.3, 0.4) is 0 Å². The van der Waals surface area contributed by atoms with Crippen LogP contribution < -0.4 is 10.5 Å². The van der Waals surface area contributed by atoms with Gasteiger partial charge in [-0.1, -0.05) is 0 Å². The van der Waals surface area contributed by atoms with Crippen molar-refractivity contribution in [1.29, 1.82) is 0 Å². The minimum atomic E-state index is -0.250. The lowest BCUT2D eigenvalue weighted by molar-refractivity contribution is 0.452. The van der Waals surface area contributed by atoms with Gasteiger partial charge in [0.2, 0.25) is 5.88 Å². The van der Waals surface area contributed by atoms with Crippen molar-refractivity contribution in [2.45, 2.75) is 27.3 Å². The van der Waals surface area contributed by atoms with Crippen LogP contribution in [0, 0.1) is 26.6 Å². The first-order valence-electron chi connectivity index (χ1n) is 6.12. The molecule has 2 rings (SSSR count). The third-order valence-corrected chi connectivity index (χ3v) is 2.99. The molecule has 19 heavy (non-hydrogen) atoms. The van der Waals surface area contributed by atoms with Crippen LogP contribution in [-0.4, -0.2) is 4.98 Å². The van der Waals surface area contributed by atoms with E-state index in [-0.39, 0.29) is 5.82 Å². The van der Waals surface area contributed by atoms with Crippen LogP contribution in [0.25, 0.3) is 0 Å². The molecule has 0 radical (unpaired) electrons. The van der Waals surface area contributed by atoms with E-state index in [0.29, 0.717) is 23.7 Å². The Balaban J connectivity index is 2.39. The number of aromatic nitrogens is 1. The maximum Gasteiger partial charge on any atom is 0.224 e. The molecule has 1 heterocycles. The third-order valence-electron chi connectivity index (χ3n) is 2.99. The highest BCUT2D eigenvalue weighted by Crippen LogP contribution is 2.27. The Bertz CT molecular complexity index is 611. The summed E-state index contributed by atoms with van der Waals surface area (Å²) in [4.78, 5) is 4.36. The predicted molar refractivity (Wildman–Crippen MR) is 72.8 cm³/mol. The summed E-state index contributed by atoms with van der Waals surface area (Å²) in [7, 11) is 0. The molecule has 0 unspecified atom stereocenters. The fourth-order valence-electron chi connectivity index (χ4n) is 1.95. The van der Waals surface area contributed by atoms with Gasteiger partial charge in [-0.2, -0.15) is 0 Å². The monoisotopic (exact) mass is 260 g/mol. The van der Waals surface area contributed by atoms with E-state index in [1.165, 1.54) is 6.07 Å². The Morgan fingerprint density at radius 1 is 1.16 bits per heavy atom. The molecule has 2 aromatic rings. The fraction of sp³-hybridized carbons (Fsp3) is 0.267. The lowest BCUT2D eigenvalue weighted by Crippen LogP contribution is -2.05. The summed E-state index contributed by atoms with van der Waals surface area (Å²) in [5.41, 5.74) is 9.05. The molecule has 3 nitrogen and oxygen atoms in total. The largest absolute Gasteiger partial charge is 0.439 e. The fourth-order valence-corrected chi connectivity index (χ4v) is 1.95. The van der Waals surface area contributed by atoms with Gasteiger partial charge in [-0.05, 0) is 56.2 Å². The molecule has 0 atom stereocenters. The van der Waals surface area contributed by atoms with Crippen molar-refractivity contribution in [2.75, 3.05) is 0 Å². The van der Waals surface area contributed by atoms with Gasteiger partial charge in [-0.15, -0.1) is 0 Å². The van der Waals surface area contributed by atoms with Crippen molar-refractivity contribution in [3.8, 4) is 11.6 Å². The van der Waals surface area contributed by atoms with Crippen LogP contribution in [0.2, 0.25) is 0 Å². The molecule has 2 N–H and O–H groups in total. The second kappa shape index (κ2) is 5.36. The maximum atomic E-state index is 13.2. The van der Waals surface area contributed by atoms with Gasteiger partial charge in [0.1, 0.15) is 11.6 Å². The topological polar surface area (TPSA) is 48.1 Å². The molecular formula is C15H17FN2O. The van der Waals surface area contributed by atoms with Gasteiger partial charge in [0.05, 0.1) is 0 Å². The number of ether oxygens (including phenoxy) is 1. The van der Waals surface area contributed by atoms with Crippen LogP contribution in [0.5, 0.6) is 11.6 Å². The lowest BCUT2D eigenvalue weighted by Gasteiger charge is -2.12. The maximum absolute atomic E-state index is 13.2. The van der Waals surface area contributed by atoms with E-state index in [2.05, 4.69) is 4.98 Å². The summed E-state index contributed by atoms with van der Waals surface area (Å²) in [5.74, 6) is 0.803. The summed E-state index contributed by atoms with van der Waals surface area (Å²) >= 11 is 0. The molecule has 4 heteroatoms. The molecule has 0 bridgehead atoms. The summed E-state index contributed by atoms with van der Waals surface area (Å²) in [6, 6.07) is 6.58. The van der Waals surface area contributed by atoms with Crippen molar-refractivity contribution in [1.82, 2.24) is 4.98 Å². The summed E-state index contributed by atoms with van der Waals surface area (Å²) < 4.78 is 19.0. The molecular weight excluding hydrogens is 243 g/mol. The van der Waals surface area contributed by atoms with Crippen LogP contribution in [0.1, 0.15) is 22.4 Å². The standard InChI is InChI=1S/C15H17FN2O/c1-9-6-11(3)18-15(13(9)8-17)19-12-4-5-14(16)10(2)7-12/h4-7H,8,17H2,1-3H3. The molecule has 0 aliphatic heterocycles. The minimum Gasteiger partial charge on any atom is -0.439 e. The number of rotatable bonds is 3. The van der Waals surface area contributed by atoms with Crippen LogP contribution in [0.4, 0.5) is 4.39 Å². The Morgan fingerprint density at radius 2 is 1.89 bits per heavy atom. The number of halogens is 1. The van der Waals surface area contributed by atoms with Crippen molar-refractivity contribution >= 4 is 0 Å². The van der Waals surface area contributed by atoms with E-state index in [0.717, 1.165) is 16.8 Å². The molecule has 0 fully saturated rings. The van der Waals surface area contributed by atoms with E-state index in [4.69, 9.17) is 10.5 Å². The second-order valence-corrected chi connectivity index (χ2v) is 4.58. The first-order chi connectivity index (χ1) is 9.01. The van der Waals surface area contributed by atoms with Gasteiger partial charge < -0.3 is 10.5 Å². The normalized spacial score (nSPS) is 10.6. The average Bonchev–Trinajstić information content (AvgIpc) is 2.33. The molecule has 0 saturated heterocycles. The predicted octanol–water partition coefficient (Wildman–Crippen LogP) is 3.40. The molecule has 100 valence electrons. The van der Waals surface area contributed by atoms with Crippen molar-refractivity contribution in [2.24, 2.45) is 5.73 Å². The van der Waals surface area contributed by atoms with E-state index in [9.17, 15) is 4.39 Å². The van der Waals surface area contributed by atoms with Gasteiger partial charge in [-0.3, -0.25) is 0 Å². The molecule has 0 aliphatic rings. The van der Waals surface area contributed by atoms with E-state index in [1.54, 1.807) is 19.1 Å².